The molecule has 0 aliphatic carbocycles. The maximum absolute atomic E-state index is 13.2. The van der Waals surface area contributed by atoms with Gasteiger partial charge in [-0.3, -0.25) is 14.5 Å². The highest BCUT2D eigenvalue weighted by Crippen LogP contribution is 2.48. The summed E-state index contributed by atoms with van der Waals surface area (Å²) in [4.78, 5) is 36.6. The molecule has 0 saturated carbocycles. The summed E-state index contributed by atoms with van der Waals surface area (Å²) in [5.41, 5.74) is 5.77. The number of pyridine rings is 1. The lowest BCUT2D eigenvalue weighted by Gasteiger charge is -2.28. The zero-order valence-corrected chi connectivity index (χ0v) is 18.5. The van der Waals surface area contributed by atoms with E-state index in [2.05, 4.69) is 4.90 Å². The van der Waals surface area contributed by atoms with E-state index in [0.29, 0.717) is 11.1 Å². The zero-order valence-electron chi connectivity index (χ0n) is 18.5. The van der Waals surface area contributed by atoms with Gasteiger partial charge in [0.05, 0.1) is 16.9 Å². The van der Waals surface area contributed by atoms with Crippen molar-refractivity contribution in [3.05, 3.63) is 83.0 Å². The van der Waals surface area contributed by atoms with Crippen LogP contribution in [0, 0.1) is 0 Å². The highest BCUT2D eigenvalue weighted by Gasteiger charge is 2.36. The Hall–Kier alpha value is -3.93. The lowest BCUT2D eigenvalue weighted by atomic mass is 10.0. The van der Waals surface area contributed by atoms with Crippen LogP contribution in [-0.4, -0.2) is 46.7 Å². The SMILES string of the molecule is CN1C(=O)c2cccc3c2C1=Cc1cccnc1N3c1cccc(C(=O)N2CCCCC2)c1. The van der Waals surface area contributed by atoms with Gasteiger partial charge >= 0.3 is 0 Å². The van der Waals surface area contributed by atoms with Crippen molar-refractivity contribution in [3.8, 4) is 0 Å². The molecule has 6 heteroatoms. The Labute approximate surface area is 192 Å². The summed E-state index contributed by atoms with van der Waals surface area (Å²) >= 11 is 0. The third kappa shape index (κ3) is 3.05. The third-order valence-electron chi connectivity index (χ3n) is 6.75. The molecule has 0 spiro atoms. The molecule has 1 aromatic heterocycles. The van der Waals surface area contributed by atoms with Gasteiger partial charge in [0.2, 0.25) is 0 Å². The molecule has 164 valence electrons. The minimum absolute atomic E-state index is 0.0144. The van der Waals surface area contributed by atoms with Crippen molar-refractivity contribution in [2.24, 2.45) is 0 Å². The van der Waals surface area contributed by atoms with Gasteiger partial charge in [-0.2, -0.15) is 0 Å². The van der Waals surface area contributed by atoms with Gasteiger partial charge in [0.1, 0.15) is 5.82 Å². The van der Waals surface area contributed by atoms with E-state index in [0.717, 1.165) is 59.9 Å². The van der Waals surface area contributed by atoms with Crippen molar-refractivity contribution in [1.82, 2.24) is 14.8 Å². The molecule has 6 nitrogen and oxygen atoms in total. The molecule has 2 aromatic carbocycles. The van der Waals surface area contributed by atoms with Crippen LogP contribution >= 0.6 is 0 Å². The van der Waals surface area contributed by atoms with E-state index in [1.54, 1.807) is 11.1 Å². The number of benzene rings is 2. The summed E-state index contributed by atoms with van der Waals surface area (Å²) in [6, 6.07) is 17.5. The first-order chi connectivity index (χ1) is 16.1. The highest BCUT2D eigenvalue weighted by atomic mass is 16.2. The van der Waals surface area contributed by atoms with E-state index in [-0.39, 0.29) is 11.8 Å². The zero-order chi connectivity index (χ0) is 22.5. The number of piperidine rings is 1. The van der Waals surface area contributed by atoms with Crippen molar-refractivity contribution in [3.63, 3.8) is 0 Å². The predicted octanol–water partition coefficient (Wildman–Crippen LogP) is 5.07. The fourth-order valence-corrected chi connectivity index (χ4v) is 5.09. The largest absolute Gasteiger partial charge is 0.339 e. The minimum atomic E-state index is -0.0144. The molecule has 3 aliphatic heterocycles. The molecule has 3 aromatic rings. The number of aromatic nitrogens is 1. The van der Waals surface area contributed by atoms with Crippen molar-refractivity contribution in [1.29, 1.82) is 0 Å². The molecule has 6 rings (SSSR count). The van der Waals surface area contributed by atoms with Gasteiger partial charge in [0, 0.05) is 48.7 Å². The monoisotopic (exact) mass is 436 g/mol. The minimum Gasteiger partial charge on any atom is -0.339 e. The first-order valence-electron chi connectivity index (χ1n) is 11.4. The first kappa shape index (κ1) is 19.7. The first-order valence-corrected chi connectivity index (χ1v) is 11.4. The second kappa shape index (κ2) is 7.59. The maximum atomic E-state index is 13.2. The van der Waals surface area contributed by atoms with E-state index in [1.165, 1.54) is 6.42 Å². The Morgan fingerprint density at radius 3 is 2.64 bits per heavy atom. The van der Waals surface area contributed by atoms with Crippen molar-refractivity contribution in [2.45, 2.75) is 19.3 Å². The van der Waals surface area contributed by atoms with Crippen LogP contribution in [0.1, 0.15) is 51.1 Å². The quantitative estimate of drug-likeness (QED) is 0.563. The number of hydrogen-bond acceptors (Lipinski definition) is 4. The number of rotatable bonds is 2. The topological polar surface area (TPSA) is 56.8 Å². The van der Waals surface area contributed by atoms with Gasteiger partial charge < -0.3 is 9.80 Å². The average Bonchev–Trinajstić information content (AvgIpc) is 3.02. The molecule has 33 heavy (non-hydrogen) atoms. The normalized spacial score (nSPS) is 16.8. The summed E-state index contributed by atoms with van der Waals surface area (Å²) in [6.45, 7) is 1.62. The smallest absolute Gasteiger partial charge is 0.258 e. The average molecular weight is 437 g/mol. The van der Waals surface area contributed by atoms with E-state index in [4.69, 9.17) is 4.98 Å². The maximum Gasteiger partial charge on any atom is 0.258 e. The number of fused-ring (bicyclic) bond motifs is 1. The number of hydrogen-bond donors (Lipinski definition) is 0. The number of amides is 2. The van der Waals surface area contributed by atoms with Crippen LogP contribution in [-0.2, 0) is 0 Å². The van der Waals surface area contributed by atoms with Gasteiger partial charge in [0.15, 0.2) is 0 Å². The number of likely N-dealkylation sites (tertiary alicyclic amines) is 1. The lowest BCUT2D eigenvalue weighted by molar-refractivity contribution is 0.0724. The number of anilines is 3. The molecule has 0 N–H and O–H groups in total. The van der Waals surface area contributed by atoms with Gasteiger partial charge in [0.25, 0.3) is 11.8 Å². The van der Waals surface area contributed by atoms with Crippen LogP contribution in [0.25, 0.3) is 11.8 Å². The molecule has 1 saturated heterocycles. The third-order valence-corrected chi connectivity index (χ3v) is 6.75. The summed E-state index contributed by atoms with van der Waals surface area (Å²) in [5.74, 6) is 0.829. The highest BCUT2D eigenvalue weighted by molar-refractivity contribution is 6.16. The van der Waals surface area contributed by atoms with Crippen molar-refractivity contribution < 1.29 is 9.59 Å². The number of carbonyl (C=O) groups excluding carboxylic acids is 2. The summed E-state index contributed by atoms with van der Waals surface area (Å²) in [7, 11) is 1.81. The van der Waals surface area contributed by atoms with Crippen LogP contribution < -0.4 is 4.90 Å². The molecule has 0 radical (unpaired) electrons. The fourth-order valence-electron chi connectivity index (χ4n) is 5.09. The van der Waals surface area contributed by atoms with Gasteiger partial charge in [-0.15, -0.1) is 0 Å². The van der Waals surface area contributed by atoms with Gasteiger partial charge in [-0.1, -0.05) is 12.1 Å². The summed E-state index contributed by atoms with van der Waals surface area (Å²) < 4.78 is 0. The molecular weight excluding hydrogens is 412 g/mol. The molecule has 0 atom stereocenters. The van der Waals surface area contributed by atoms with E-state index in [1.807, 2.05) is 72.6 Å². The molecule has 4 heterocycles. The van der Waals surface area contributed by atoms with Gasteiger partial charge in [-0.05, 0) is 67.8 Å². The second-order valence-electron chi connectivity index (χ2n) is 8.75. The van der Waals surface area contributed by atoms with E-state index < -0.39 is 0 Å². The van der Waals surface area contributed by atoms with Crippen LogP contribution in [0.2, 0.25) is 0 Å². The number of nitrogens with zero attached hydrogens (tertiary/aromatic N) is 4. The van der Waals surface area contributed by atoms with Crippen molar-refractivity contribution in [2.75, 3.05) is 25.0 Å². The molecule has 3 aliphatic rings. The summed E-state index contributed by atoms with van der Waals surface area (Å²) in [5, 5.41) is 0. The molecule has 2 amide bonds. The predicted molar refractivity (Wildman–Crippen MR) is 129 cm³/mol. The second-order valence-corrected chi connectivity index (χ2v) is 8.75. The van der Waals surface area contributed by atoms with Crippen LogP contribution in [0.4, 0.5) is 17.2 Å². The fraction of sp³-hybridized carbons (Fsp3) is 0.222. The lowest BCUT2D eigenvalue weighted by Crippen LogP contribution is -2.35. The van der Waals surface area contributed by atoms with Crippen molar-refractivity contribution >= 4 is 40.8 Å². The Morgan fingerprint density at radius 2 is 1.79 bits per heavy atom. The standard InChI is InChI=1S/C27H24N4O2/c1-29-23-17-18-9-7-13-28-25(18)31(22-12-6-11-21(24(22)23)27(29)33)20-10-5-8-19(16-20)26(32)30-14-3-2-4-15-30/h5-13,16-17H,2-4,14-15H2,1H3. The van der Waals surface area contributed by atoms with Crippen LogP contribution in [0.5, 0.6) is 0 Å². The molecule has 0 bridgehead atoms. The summed E-state index contributed by atoms with van der Waals surface area (Å²) in [6.07, 6.45) is 7.10. The Kier molecular flexibility index (Phi) is 4.54. The van der Waals surface area contributed by atoms with E-state index >= 15 is 0 Å². The Morgan fingerprint density at radius 1 is 0.970 bits per heavy atom. The molecular formula is C27H24N4O2. The molecule has 0 unspecified atom stereocenters. The van der Waals surface area contributed by atoms with Crippen LogP contribution in [0.15, 0.2) is 60.8 Å². The number of carbonyl (C=O) groups is 2. The van der Waals surface area contributed by atoms with Crippen LogP contribution in [0.3, 0.4) is 0 Å². The van der Waals surface area contributed by atoms with E-state index in [9.17, 15) is 9.59 Å². The van der Waals surface area contributed by atoms with Gasteiger partial charge in [-0.25, -0.2) is 4.98 Å². The molecule has 1 fully saturated rings. The Balaban J connectivity index is 1.53. The Bertz CT molecular complexity index is 1320.